The van der Waals surface area contributed by atoms with Gasteiger partial charge in [-0.3, -0.25) is 34.1 Å². The predicted octanol–water partition coefficient (Wildman–Crippen LogP) is 6.87. The molecule has 0 bridgehead atoms. The summed E-state index contributed by atoms with van der Waals surface area (Å²) in [6, 6.07) is 12.9. The van der Waals surface area contributed by atoms with Crippen molar-refractivity contribution < 1.29 is 86.0 Å². The zero-order valence-corrected chi connectivity index (χ0v) is 58.9. The molecule has 2 heterocycles. The summed E-state index contributed by atoms with van der Waals surface area (Å²) < 4.78 is 54.0. The number of carbonyl (C=O) groups excluding carboxylic acids is 7. The van der Waals surface area contributed by atoms with Gasteiger partial charge in [0.05, 0.1) is 125 Å². The molecule has 5 unspecified atom stereocenters. The Hall–Kier alpha value is -6.77. The summed E-state index contributed by atoms with van der Waals surface area (Å²) in [5.74, 6) is -1.66. The number of aliphatic hydroxyl groups excluding tert-OH is 1. The molecule has 0 saturated carbocycles. The lowest BCUT2D eigenvalue weighted by Crippen LogP contribution is -2.50. The van der Waals surface area contributed by atoms with Gasteiger partial charge >= 0.3 is 18.0 Å². The van der Waals surface area contributed by atoms with E-state index in [9.17, 15) is 38.7 Å². The number of benzene rings is 2. The van der Waals surface area contributed by atoms with Gasteiger partial charge < -0.3 is 89.7 Å². The molecule has 2 aromatic heterocycles. The molecule has 544 valence electrons. The Morgan fingerprint density at radius 2 is 0.857 bits per heavy atom. The number of esters is 2. The molecule has 0 aliphatic heterocycles. The number of methoxy groups -OCH3 is 2. The molecule has 5 atom stereocenters. The molecule has 5 amide bonds. The molecule has 9 N–H and O–H groups in total. The molecule has 4 rings (SSSR count). The summed E-state index contributed by atoms with van der Waals surface area (Å²) in [6.07, 6.45) is 5.01. The first-order chi connectivity index (χ1) is 47.3. The number of anilines is 2. The third kappa shape index (κ3) is 38.6. The summed E-state index contributed by atoms with van der Waals surface area (Å²) in [5, 5.41) is 34.4. The van der Waals surface area contributed by atoms with E-state index in [0.29, 0.717) is 95.9 Å². The van der Waals surface area contributed by atoms with Crippen LogP contribution in [0.1, 0.15) is 98.5 Å². The quantitative estimate of drug-likeness (QED) is 0.00942. The van der Waals surface area contributed by atoms with Crippen molar-refractivity contribution in [2.24, 2.45) is 0 Å². The number of halogens is 4. The molecule has 0 fully saturated rings. The second kappa shape index (κ2) is 50.5. The van der Waals surface area contributed by atoms with E-state index < -0.39 is 60.4 Å². The van der Waals surface area contributed by atoms with Crippen LogP contribution in [0.5, 0.6) is 0 Å². The third-order valence-corrected chi connectivity index (χ3v) is 14.9. The van der Waals surface area contributed by atoms with Crippen molar-refractivity contribution in [1.29, 1.82) is 0 Å². The number of aliphatic hydroxyl groups is 1. The van der Waals surface area contributed by atoms with Crippen LogP contribution in [0.3, 0.4) is 0 Å². The minimum Gasteiger partial charge on any atom is -0.469 e. The minimum atomic E-state index is -1.24. The second-order valence-corrected chi connectivity index (χ2v) is 23.8. The van der Waals surface area contributed by atoms with Crippen molar-refractivity contribution in [2.75, 3.05) is 144 Å². The highest BCUT2D eigenvalue weighted by Crippen LogP contribution is 2.28. The maximum Gasteiger partial charge on any atom is 0.407 e. The van der Waals surface area contributed by atoms with Crippen LogP contribution in [0.2, 0.25) is 20.1 Å². The smallest absolute Gasteiger partial charge is 0.407 e. The maximum absolute atomic E-state index is 13.7. The zero-order valence-electron chi connectivity index (χ0n) is 55.9. The van der Waals surface area contributed by atoms with Crippen LogP contribution >= 0.6 is 46.4 Å². The van der Waals surface area contributed by atoms with Gasteiger partial charge in [-0.05, 0) is 142 Å². The normalized spacial score (nSPS) is 12.7. The van der Waals surface area contributed by atoms with E-state index in [1.165, 1.54) is 26.4 Å². The zero-order chi connectivity index (χ0) is 71.1. The fourth-order valence-electron chi connectivity index (χ4n) is 8.99. The molecule has 0 aliphatic rings. The summed E-state index contributed by atoms with van der Waals surface area (Å²) in [7, 11) is 2.46. The number of aryl methyl sites for hydroxylation is 2. The first-order valence-electron chi connectivity index (χ1n) is 32.3. The minimum absolute atomic E-state index is 0.00289. The van der Waals surface area contributed by atoms with Crippen molar-refractivity contribution in [3.8, 4) is 0 Å². The number of nitrogens with one attached hydrogen (secondary N) is 8. The maximum atomic E-state index is 13.7. The molecule has 4 aromatic rings. The summed E-state index contributed by atoms with van der Waals surface area (Å²) >= 11 is 25.0. The van der Waals surface area contributed by atoms with Crippen LogP contribution in [0.25, 0.3) is 0 Å². The highest BCUT2D eigenvalue weighted by Gasteiger charge is 2.29. The molecule has 0 radical (unpaired) electrons. The molecule has 98 heavy (non-hydrogen) atoms. The Labute approximate surface area is 592 Å². The highest BCUT2D eigenvalue weighted by atomic mass is 35.5. The number of amides is 5. The van der Waals surface area contributed by atoms with Crippen molar-refractivity contribution in [3.05, 3.63) is 115 Å². The number of carbonyl (C=O) groups is 7. The Balaban J connectivity index is 1.01. The molecule has 32 heteroatoms. The first kappa shape index (κ1) is 83.6. The number of rotatable bonds is 53. The standard InChI is InChI=1S/C66H94Cl4N10O18/c1-45-13-19-73-57(33-45)71-15-7-5-11-59(81)77-55(63(85)79-53(41-61(83)89-3)47-35-49(67)39-50(68)36-47)43-95-27-25-91-21-23-93-29-31-97-65(87)75-17-9-10-18-76-66(88)98-32-30-94-24-22-92-26-28-96-44-56(78-60(82)12-6-8-16-72-58-34-46(2)14-20-74-58)64(86)80-54(42-62(84)90-4)48-37-51(69)40-52(70)38-48/h13-14,19-20,33-40,53-56,65,75,87H,5-12,15-18,21-32,41-44H2,1-4H3,(H,71,73)(H,72,74)(H,76,88)(H,77,81)(H,78,82)(H,79,85)(H,80,86). The van der Waals surface area contributed by atoms with Crippen LogP contribution in [-0.4, -0.2) is 208 Å². The lowest BCUT2D eigenvalue weighted by molar-refractivity contribution is -0.142. The van der Waals surface area contributed by atoms with Gasteiger partial charge in [0.15, 0.2) is 0 Å². The molecule has 2 aromatic carbocycles. The molecule has 0 spiro atoms. The van der Waals surface area contributed by atoms with E-state index in [4.69, 9.17) is 93.8 Å². The number of ether oxygens (including phenoxy) is 10. The number of alkyl carbamates (subject to hydrolysis) is 1. The number of unbranched alkanes of at least 4 members (excludes halogenated alkanes) is 3. The van der Waals surface area contributed by atoms with Crippen LogP contribution in [0.4, 0.5) is 16.4 Å². The van der Waals surface area contributed by atoms with E-state index >= 15 is 0 Å². The average molecular weight is 1460 g/mol. The monoisotopic (exact) mass is 1450 g/mol. The van der Waals surface area contributed by atoms with Gasteiger partial charge in [-0.15, -0.1) is 0 Å². The fourth-order valence-corrected chi connectivity index (χ4v) is 10.1. The largest absolute Gasteiger partial charge is 0.469 e. The predicted molar refractivity (Wildman–Crippen MR) is 368 cm³/mol. The van der Waals surface area contributed by atoms with Gasteiger partial charge in [0.25, 0.3) is 0 Å². The average Bonchev–Trinajstić information content (AvgIpc) is 0.857. The van der Waals surface area contributed by atoms with Crippen LogP contribution in [0, 0.1) is 13.8 Å². The van der Waals surface area contributed by atoms with E-state index in [1.54, 1.807) is 36.7 Å². The van der Waals surface area contributed by atoms with Crippen LogP contribution in [-0.2, 0) is 76.1 Å². The van der Waals surface area contributed by atoms with Gasteiger partial charge in [-0.1, -0.05) is 46.4 Å². The summed E-state index contributed by atoms with van der Waals surface area (Å²) in [6.45, 7) is 7.12. The Morgan fingerprint density at radius 3 is 1.28 bits per heavy atom. The number of hydrogen-bond acceptors (Lipinski definition) is 23. The van der Waals surface area contributed by atoms with E-state index in [0.717, 1.165) is 22.8 Å². The van der Waals surface area contributed by atoms with Gasteiger partial charge in [-0.25, -0.2) is 14.8 Å². The van der Waals surface area contributed by atoms with Gasteiger partial charge in [0.2, 0.25) is 30.0 Å². The Kier molecular flexibility index (Phi) is 43.1. The SMILES string of the molecule is COC(=O)CC(NC(=O)C(COCCOCCOCCOC(=O)NCCCCNC(O)OCCOCCOCCOCC(NC(=O)CCCCNc1cc(C)ccn1)C(=O)NC(CC(=O)OC)c1cc(Cl)cc(Cl)c1)NC(=O)CCCCNc1cc(C)ccn1)c1cc(Cl)cc(Cl)c1. The lowest BCUT2D eigenvalue weighted by Gasteiger charge is -2.24. The number of hydrogen-bond donors (Lipinski definition) is 9. The summed E-state index contributed by atoms with van der Waals surface area (Å²) in [4.78, 5) is 99.1. The topological polar surface area (TPSA) is 354 Å². The van der Waals surface area contributed by atoms with Crippen LogP contribution < -0.4 is 42.5 Å². The first-order valence-corrected chi connectivity index (χ1v) is 33.8. The van der Waals surface area contributed by atoms with Crippen LogP contribution in [0.15, 0.2) is 73.1 Å². The fraction of sp³-hybridized carbons (Fsp3) is 0.561. The number of aromatic nitrogens is 2. The van der Waals surface area contributed by atoms with Gasteiger partial charge in [0.1, 0.15) is 30.3 Å². The van der Waals surface area contributed by atoms with E-state index in [1.807, 2.05) is 38.1 Å². The molecular formula is C66H94Cl4N10O18. The van der Waals surface area contributed by atoms with Gasteiger partial charge in [-0.2, -0.15) is 0 Å². The number of nitrogens with zero attached hydrogens (tertiary/aromatic N) is 2. The van der Waals surface area contributed by atoms with Crippen molar-refractivity contribution in [1.82, 2.24) is 41.9 Å². The number of pyridine rings is 2. The van der Waals surface area contributed by atoms with Gasteiger partial charge in [0, 0.05) is 65.0 Å². The van der Waals surface area contributed by atoms with E-state index in [2.05, 4.69) is 52.5 Å². The molecule has 0 aliphatic carbocycles. The van der Waals surface area contributed by atoms with Crippen molar-refractivity contribution in [3.63, 3.8) is 0 Å². The second-order valence-electron chi connectivity index (χ2n) is 22.1. The molecule has 28 nitrogen and oxygen atoms in total. The highest BCUT2D eigenvalue weighted by molar-refractivity contribution is 6.35. The molecule has 0 saturated heterocycles. The van der Waals surface area contributed by atoms with E-state index in [-0.39, 0.29) is 130 Å². The van der Waals surface area contributed by atoms with Crippen molar-refractivity contribution >= 4 is 99.7 Å². The Morgan fingerprint density at radius 1 is 0.469 bits per heavy atom. The third-order valence-electron chi connectivity index (χ3n) is 14.0. The Bertz CT molecular complexity index is 2980. The van der Waals surface area contributed by atoms with Crippen molar-refractivity contribution in [2.45, 2.75) is 109 Å². The summed E-state index contributed by atoms with van der Waals surface area (Å²) in [5.41, 5.74) is 3.06. The molecular weight excluding hydrogens is 1360 g/mol. The lowest BCUT2D eigenvalue weighted by atomic mass is 10.0.